The molecule has 2 aliphatic heterocycles. The molecule has 4 rings (SSSR count). The first kappa shape index (κ1) is 16.0. The van der Waals surface area contributed by atoms with E-state index in [-0.39, 0.29) is 41.4 Å². The Bertz CT molecular complexity index is 838. The van der Waals surface area contributed by atoms with E-state index < -0.39 is 24.7 Å². The number of nitrogens with one attached hydrogen (secondary N) is 1. The molecule has 0 bridgehead atoms. The van der Waals surface area contributed by atoms with Gasteiger partial charge in [-0.3, -0.25) is 13.9 Å². The minimum atomic E-state index is -0.867. The van der Waals surface area contributed by atoms with Crippen molar-refractivity contribution in [1.29, 1.82) is 0 Å². The number of hydrogen-bond donors (Lipinski definition) is 4. The zero-order valence-corrected chi connectivity index (χ0v) is 14.0. The van der Waals surface area contributed by atoms with Crippen LogP contribution < -0.4 is 10.9 Å². The number of alkyl halides is 1. The van der Waals surface area contributed by atoms with Crippen molar-refractivity contribution in [3.63, 3.8) is 0 Å². The van der Waals surface area contributed by atoms with Crippen LogP contribution in [0.3, 0.4) is 0 Å². The van der Waals surface area contributed by atoms with E-state index >= 15 is 0 Å². The van der Waals surface area contributed by atoms with Crippen LogP contribution in [0, 0.1) is 0 Å². The van der Waals surface area contributed by atoms with Gasteiger partial charge in [0.2, 0.25) is 5.95 Å². The second-order valence-electron chi connectivity index (χ2n) is 5.90. The molecule has 0 saturated carbocycles. The highest BCUT2D eigenvalue weighted by atomic mass is 79.9. The topological polar surface area (TPSA) is 135 Å². The Morgan fingerprint density at radius 3 is 2.96 bits per heavy atom. The Morgan fingerprint density at radius 1 is 1.46 bits per heavy atom. The number of aromatic nitrogens is 4. The summed E-state index contributed by atoms with van der Waals surface area (Å²) in [6.45, 7) is -0.0282. The molecule has 0 unspecified atom stereocenters. The van der Waals surface area contributed by atoms with Crippen LogP contribution in [0.25, 0.3) is 11.2 Å². The van der Waals surface area contributed by atoms with Crippen LogP contribution in [0.5, 0.6) is 0 Å². The minimum Gasteiger partial charge on any atom is -0.394 e. The lowest BCUT2D eigenvalue weighted by Gasteiger charge is -2.27. The third-order valence-electron chi connectivity index (χ3n) is 4.35. The van der Waals surface area contributed by atoms with E-state index in [1.807, 2.05) is 0 Å². The lowest BCUT2D eigenvalue weighted by atomic mass is 10.2. The van der Waals surface area contributed by atoms with Gasteiger partial charge in [-0.2, -0.15) is 4.98 Å². The minimum absolute atomic E-state index is 0.183. The molecule has 130 valence electrons. The summed E-state index contributed by atoms with van der Waals surface area (Å²) >= 11 is 3.30. The maximum absolute atomic E-state index is 12.6. The third-order valence-corrected chi connectivity index (χ3v) is 5.14. The molecule has 0 amide bonds. The molecule has 0 aliphatic carbocycles. The third kappa shape index (κ3) is 2.35. The second kappa shape index (κ2) is 5.77. The fourth-order valence-electron chi connectivity index (χ4n) is 3.04. The number of hydrogen-bond acceptors (Lipinski definition) is 8. The number of nitrogens with zero attached hydrogens (tertiary/aromatic N) is 4. The van der Waals surface area contributed by atoms with Crippen molar-refractivity contribution < 1.29 is 20.1 Å². The van der Waals surface area contributed by atoms with Crippen molar-refractivity contribution >= 4 is 33.0 Å². The lowest BCUT2D eigenvalue weighted by molar-refractivity contribution is -0.0432. The highest BCUT2D eigenvalue weighted by molar-refractivity contribution is 9.09. The largest absolute Gasteiger partial charge is 0.394 e. The number of halogens is 1. The maximum atomic E-state index is 12.6. The Kier molecular flexibility index (Phi) is 3.84. The molecule has 24 heavy (non-hydrogen) atoms. The number of fused-ring (bicyclic) bond motifs is 2. The van der Waals surface area contributed by atoms with Gasteiger partial charge in [-0.15, -0.1) is 0 Å². The van der Waals surface area contributed by atoms with E-state index in [9.17, 15) is 20.1 Å². The normalized spacial score (nSPS) is 32.8. The highest BCUT2D eigenvalue weighted by Crippen LogP contribution is 2.30. The highest BCUT2D eigenvalue weighted by Gasteiger charge is 2.36. The Hall–Kier alpha value is -1.53. The van der Waals surface area contributed by atoms with E-state index in [0.29, 0.717) is 5.65 Å². The molecule has 2 aromatic rings. The number of ether oxygens (including phenoxy) is 1. The van der Waals surface area contributed by atoms with E-state index in [4.69, 9.17) is 4.74 Å². The van der Waals surface area contributed by atoms with Crippen LogP contribution >= 0.6 is 15.9 Å². The van der Waals surface area contributed by atoms with Gasteiger partial charge in [0.25, 0.3) is 5.56 Å². The fourth-order valence-corrected chi connectivity index (χ4v) is 3.46. The van der Waals surface area contributed by atoms with Gasteiger partial charge >= 0.3 is 0 Å². The molecule has 0 aromatic carbocycles. The average molecular weight is 402 g/mol. The molecule has 1 saturated heterocycles. The summed E-state index contributed by atoms with van der Waals surface area (Å²) in [4.78, 5) is 20.8. The first-order valence-electron chi connectivity index (χ1n) is 7.50. The molecule has 2 aromatic heterocycles. The van der Waals surface area contributed by atoms with Crippen LogP contribution in [-0.4, -0.2) is 64.3 Å². The first-order chi connectivity index (χ1) is 11.5. The molecular formula is C13H16BrN5O5. The van der Waals surface area contributed by atoms with Crippen molar-refractivity contribution in [3.05, 3.63) is 16.7 Å². The molecule has 11 heteroatoms. The van der Waals surface area contributed by atoms with Gasteiger partial charge in [-0.1, -0.05) is 15.9 Å². The smallest absolute Gasteiger partial charge is 0.283 e. The molecule has 4 heterocycles. The summed E-state index contributed by atoms with van der Waals surface area (Å²) in [6.07, 6.45) is -1.23. The van der Waals surface area contributed by atoms with Gasteiger partial charge in [0.15, 0.2) is 11.2 Å². The van der Waals surface area contributed by atoms with E-state index in [1.54, 1.807) is 4.57 Å². The Morgan fingerprint density at radius 2 is 2.25 bits per heavy atom. The van der Waals surface area contributed by atoms with Gasteiger partial charge < -0.3 is 25.4 Å². The lowest BCUT2D eigenvalue weighted by Crippen LogP contribution is -2.43. The summed E-state index contributed by atoms with van der Waals surface area (Å²) in [5, 5.41) is 31.8. The van der Waals surface area contributed by atoms with Crippen molar-refractivity contribution in [3.8, 4) is 0 Å². The van der Waals surface area contributed by atoms with Gasteiger partial charge in [0.05, 0.1) is 23.9 Å². The van der Waals surface area contributed by atoms with Crippen LogP contribution in [0.1, 0.15) is 12.6 Å². The fraction of sp³-hybridized carbons (Fsp3) is 0.615. The monoisotopic (exact) mass is 401 g/mol. The van der Waals surface area contributed by atoms with E-state index in [1.165, 1.54) is 10.9 Å². The summed E-state index contributed by atoms with van der Waals surface area (Å²) in [5.74, 6) is 0.245. The summed E-state index contributed by atoms with van der Waals surface area (Å²) < 4.78 is 8.56. The SMILES string of the molecule is O=c1c2ncn([C@H]3C[C@H](O)[C@@H](CO)O3)c2nc2n1C[C@H](Br)[C@@H](O)N2. The first-order valence-corrected chi connectivity index (χ1v) is 8.41. The van der Waals surface area contributed by atoms with Gasteiger partial charge in [0, 0.05) is 13.0 Å². The predicted molar refractivity (Wildman–Crippen MR) is 85.8 cm³/mol. The van der Waals surface area contributed by atoms with Gasteiger partial charge in [-0.25, -0.2) is 4.98 Å². The van der Waals surface area contributed by atoms with E-state index in [2.05, 4.69) is 31.2 Å². The summed E-state index contributed by atoms with van der Waals surface area (Å²) in [5.41, 5.74) is 0.159. The summed E-state index contributed by atoms with van der Waals surface area (Å²) in [6, 6.07) is 0. The Balaban J connectivity index is 1.79. The molecule has 5 atom stereocenters. The Labute approximate surface area is 143 Å². The second-order valence-corrected chi connectivity index (χ2v) is 7.07. The van der Waals surface area contributed by atoms with Crippen LogP contribution in [-0.2, 0) is 11.3 Å². The van der Waals surface area contributed by atoms with Crippen LogP contribution in [0.15, 0.2) is 11.1 Å². The number of rotatable bonds is 2. The van der Waals surface area contributed by atoms with Crippen molar-refractivity contribution in [1.82, 2.24) is 19.1 Å². The number of aliphatic hydroxyl groups is 3. The van der Waals surface area contributed by atoms with Crippen molar-refractivity contribution in [2.45, 2.75) is 42.5 Å². The van der Waals surface area contributed by atoms with Gasteiger partial charge in [0.1, 0.15) is 18.6 Å². The number of anilines is 1. The van der Waals surface area contributed by atoms with Crippen molar-refractivity contribution in [2.75, 3.05) is 11.9 Å². The molecule has 1 fully saturated rings. The number of aliphatic hydroxyl groups excluding tert-OH is 3. The number of imidazole rings is 1. The van der Waals surface area contributed by atoms with E-state index in [0.717, 1.165) is 0 Å². The average Bonchev–Trinajstić information content (AvgIpc) is 3.13. The van der Waals surface area contributed by atoms with Crippen LogP contribution in [0.4, 0.5) is 5.95 Å². The zero-order chi connectivity index (χ0) is 17.0. The standard InChI is InChI=1S/C13H16BrN5O5/c14-5-2-18-12(23)9-10(16-13(18)17-11(5)22)19(4-15-9)8-1-6(21)7(3-20)24-8/h4-8,11,20-22H,1-3H2,(H,16,17)/t5-,6-,7+,8+,11+/m0/s1. The van der Waals surface area contributed by atoms with Gasteiger partial charge in [-0.05, 0) is 0 Å². The molecule has 2 aliphatic rings. The molecular weight excluding hydrogens is 386 g/mol. The quantitative estimate of drug-likeness (QED) is 0.458. The van der Waals surface area contributed by atoms with Crippen molar-refractivity contribution in [2.24, 2.45) is 0 Å². The van der Waals surface area contributed by atoms with Crippen LogP contribution in [0.2, 0.25) is 0 Å². The zero-order valence-electron chi connectivity index (χ0n) is 12.4. The molecule has 10 nitrogen and oxygen atoms in total. The molecule has 4 N–H and O–H groups in total. The molecule has 0 spiro atoms. The maximum Gasteiger partial charge on any atom is 0.283 e. The summed E-state index contributed by atoms with van der Waals surface area (Å²) in [7, 11) is 0. The molecule has 0 radical (unpaired) electrons. The predicted octanol–water partition coefficient (Wildman–Crippen LogP) is -1.26.